The maximum Gasteiger partial charge on any atom is 0.153 e. The number of hydrogen-bond acceptors (Lipinski definition) is 2. The molecule has 0 aliphatic heterocycles. The van der Waals surface area contributed by atoms with E-state index in [4.69, 9.17) is 4.74 Å². The second-order valence-electron chi connectivity index (χ2n) is 4.78. The topological polar surface area (TPSA) is 26.3 Å². The largest absolute Gasteiger partial charge is 0.489 e. The van der Waals surface area contributed by atoms with Crippen molar-refractivity contribution in [2.75, 3.05) is 0 Å². The first-order chi connectivity index (χ1) is 6.95. The molecule has 0 aromatic heterocycles. The van der Waals surface area contributed by atoms with Gasteiger partial charge in [-0.1, -0.05) is 32.9 Å². The normalized spacial score (nSPS) is 13.3. The fourth-order valence-electron chi connectivity index (χ4n) is 1.05. The lowest BCUT2D eigenvalue weighted by Crippen LogP contribution is -2.29. The van der Waals surface area contributed by atoms with Gasteiger partial charge < -0.3 is 4.74 Å². The SMILES string of the molecule is CC(Oc1ccccc1C=O)C(C)(C)C. The minimum Gasteiger partial charge on any atom is -0.489 e. The van der Waals surface area contributed by atoms with E-state index in [-0.39, 0.29) is 11.5 Å². The van der Waals surface area contributed by atoms with Crippen molar-refractivity contribution in [2.45, 2.75) is 33.8 Å². The van der Waals surface area contributed by atoms with Gasteiger partial charge in [-0.15, -0.1) is 0 Å². The van der Waals surface area contributed by atoms with Crippen molar-refractivity contribution in [2.24, 2.45) is 5.41 Å². The van der Waals surface area contributed by atoms with Crippen LogP contribution in [-0.4, -0.2) is 12.4 Å². The highest BCUT2D eigenvalue weighted by molar-refractivity contribution is 5.79. The number of ether oxygens (including phenoxy) is 1. The fourth-order valence-corrected chi connectivity index (χ4v) is 1.05. The molecule has 1 rings (SSSR count). The van der Waals surface area contributed by atoms with Gasteiger partial charge in [-0.25, -0.2) is 0 Å². The minimum atomic E-state index is 0.0655. The lowest BCUT2D eigenvalue weighted by atomic mass is 9.90. The third-order valence-corrected chi connectivity index (χ3v) is 2.57. The molecular weight excluding hydrogens is 188 g/mol. The summed E-state index contributed by atoms with van der Waals surface area (Å²) in [6.07, 6.45) is 0.892. The zero-order valence-electron chi connectivity index (χ0n) is 9.78. The van der Waals surface area contributed by atoms with Crippen LogP contribution < -0.4 is 4.74 Å². The third kappa shape index (κ3) is 3.08. The molecule has 0 N–H and O–H groups in total. The van der Waals surface area contributed by atoms with Crippen molar-refractivity contribution in [3.05, 3.63) is 29.8 Å². The summed E-state index contributed by atoms with van der Waals surface area (Å²) < 4.78 is 5.77. The van der Waals surface area contributed by atoms with Gasteiger partial charge in [0.25, 0.3) is 0 Å². The van der Waals surface area contributed by atoms with Crippen molar-refractivity contribution in [1.82, 2.24) is 0 Å². The summed E-state index contributed by atoms with van der Waals surface area (Å²) in [6.45, 7) is 8.35. The van der Waals surface area contributed by atoms with Crippen LogP contribution in [0.25, 0.3) is 0 Å². The summed E-state index contributed by atoms with van der Waals surface area (Å²) in [5, 5.41) is 0. The molecule has 0 heterocycles. The molecule has 0 saturated heterocycles. The van der Waals surface area contributed by atoms with Gasteiger partial charge in [0.05, 0.1) is 5.56 Å². The predicted molar refractivity (Wildman–Crippen MR) is 61.4 cm³/mol. The molecule has 2 heteroatoms. The Bertz CT molecular complexity index is 337. The highest BCUT2D eigenvalue weighted by Gasteiger charge is 2.22. The van der Waals surface area contributed by atoms with E-state index >= 15 is 0 Å². The molecule has 0 amide bonds. The van der Waals surface area contributed by atoms with E-state index in [2.05, 4.69) is 20.8 Å². The third-order valence-electron chi connectivity index (χ3n) is 2.57. The Kier molecular flexibility index (Phi) is 3.51. The van der Waals surface area contributed by atoms with Crippen molar-refractivity contribution < 1.29 is 9.53 Å². The van der Waals surface area contributed by atoms with Crippen LogP contribution in [0, 0.1) is 5.41 Å². The molecule has 1 aromatic carbocycles. The molecule has 1 atom stereocenters. The van der Waals surface area contributed by atoms with Crippen molar-refractivity contribution in [3.63, 3.8) is 0 Å². The molecule has 82 valence electrons. The molecule has 1 aromatic rings. The Hall–Kier alpha value is -1.31. The Morgan fingerprint density at radius 1 is 1.27 bits per heavy atom. The van der Waals surface area contributed by atoms with Gasteiger partial charge in [0.15, 0.2) is 6.29 Å². The Morgan fingerprint density at radius 2 is 1.87 bits per heavy atom. The lowest BCUT2D eigenvalue weighted by Gasteiger charge is -2.28. The number of carbonyl (C=O) groups excluding carboxylic acids is 1. The van der Waals surface area contributed by atoms with Gasteiger partial charge in [-0.2, -0.15) is 0 Å². The van der Waals surface area contributed by atoms with Crippen LogP contribution >= 0.6 is 0 Å². The van der Waals surface area contributed by atoms with E-state index in [0.29, 0.717) is 11.3 Å². The molecule has 0 fully saturated rings. The zero-order valence-corrected chi connectivity index (χ0v) is 9.78. The van der Waals surface area contributed by atoms with Crippen LogP contribution in [0.3, 0.4) is 0 Å². The van der Waals surface area contributed by atoms with Crippen molar-refractivity contribution >= 4 is 6.29 Å². The maximum absolute atomic E-state index is 10.8. The predicted octanol–water partition coefficient (Wildman–Crippen LogP) is 3.31. The minimum absolute atomic E-state index is 0.0655. The Labute approximate surface area is 91.3 Å². The summed E-state index contributed by atoms with van der Waals surface area (Å²) in [5.74, 6) is 0.662. The van der Waals surface area contributed by atoms with Crippen LogP contribution in [0.5, 0.6) is 5.75 Å². The van der Waals surface area contributed by atoms with Gasteiger partial charge >= 0.3 is 0 Å². The number of carbonyl (C=O) groups is 1. The molecule has 0 radical (unpaired) electrons. The Balaban J connectivity index is 2.85. The van der Waals surface area contributed by atoms with E-state index in [1.54, 1.807) is 6.07 Å². The highest BCUT2D eigenvalue weighted by Crippen LogP contribution is 2.25. The Morgan fingerprint density at radius 3 is 2.40 bits per heavy atom. The number of aldehydes is 1. The van der Waals surface area contributed by atoms with Gasteiger partial charge in [0.2, 0.25) is 0 Å². The maximum atomic E-state index is 10.8. The van der Waals surface area contributed by atoms with Gasteiger partial charge in [-0.05, 0) is 24.5 Å². The van der Waals surface area contributed by atoms with E-state index in [1.807, 2.05) is 25.1 Å². The van der Waals surface area contributed by atoms with Crippen LogP contribution in [-0.2, 0) is 0 Å². The molecule has 2 nitrogen and oxygen atoms in total. The van der Waals surface area contributed by atoms with Gasteiger partial charge in [-0.3, -0.25) is 4.79 Å². The highest BCUT2D eigenvalue weighted by atomic mass is 16.5. The number of hydrogen-bond donors (Lipinski definition) is 0. The monoisotopic (exact) mass is 206 g/mol. The first kappa shape index (κ1) is 11.8. The molecule has 15 heavy (non-hydrogen) atoms. The van der Waals surface area contributed by atoms with Crippen LogP contribution in [0.15, 0.2) is 24.3 Å². The second kappa shape index (κ2) is 4.47. The average molecular weight is 206 g/mol. The average Bonchev–Trinajstić information content (AvgIpc) is 2.17. The van der Waals surface area contributed by atoms with Crippen LogP contribution in [0.4, 0.5) is 0 Å². The van der Waals surface area contributed by atoms with Crippen molar-refractivity contribution in [1.29, 1.82) is 0 Å². The standard InChI is InChI=1S/C13H18O2/c1-10(13(2,3)4)15-12-8-6-5-7-11(12)9-14/h5-10H,1-4H3. The summed E-state index contributed by atoms with van der Waals surface area (Å²) in [7, 11) is 0. The van der Waals surface area contributed by atoms with E-state index in [9.17, 15) is 4.79 Å². The van der Waals surface area contributed by atoms with Gasteiger partial charge in [0.1, 0.15) is 11.9 Å². The van der Waals surface area contributed by atoms with Gasteiger partial charge in [0, 0.05) is 0 Å². The molecule has 0 aliphatic rings. The first-order valence-corrected chi connectivity index (χ1v) is 5.16. The quantitative estimate of drug-likeness (QED) is 0.709. The summed E-state index contributed by atoms with van der Waals surface area (Å²) in [5.41, 5.74) is 0.671. The summed E-state index contributed by atoms with van der Waals surface area (Å²) in [6, 6.07) is 7.29. The van der Waals surface area contributed by atoms with E-state index in [1.165, 1.54) is 0 Å². The molecule has 0 saturated carbocycles. The zero-order chi connectivity index (χ0) is 11.5. The number of para-hydroxylation sites is 1. The molecule has 0 aliphatic carbocycles. The first-order valence-electron chi connectivity index (χ1n) is 5.16. The number of benzene rings is 1. The fraction of sp³-hybridized carbons (Fsp3) is 0.462. The molecule has 0 spiro atoms. The van der Waals surface area contributed by atoms with Crippen molar-refractivity contribution in [3.8, 4) is 5.75 Å². The molecule has 0 bridgehead atoms. The van der Waals surface area contributed by atoms with E-state index < -0.39 is 0 Å². The molecular formula is C13H18O2. The van der Waals surface area contributed by atoms with E-state index in [0.717, 1.165) is 6.29 Å². The second-order valence-corrected chi connectivity index (χ2v) is 4.78. The summed E-state index contributed by atoms with van der Waals surface area (Å²) in [4.78, 5) is 10.8. The van der Waals surface area contributed by atoms with Crippen LogP contribution in [0.1, 0.15) is 38.1 Å². The lowest BCUT2D eigenvalue weighted by molar-refractivity contribution is 0.0993. The van der Waals surface area contributed by atoms with Crippen LogP contribution in [0.2, 0.25) is 0 Å². The number of rotatable bonds is 3. The summed E-state index contributed by atoms with van der Waals surface area (Å²) >= 11 is 0. The smallest absolute Gasteiger partial charge is 0.153 e. The molecule has 1 unspecified atom stereocenters.